The van der Waals surface area contributed by atoms with Crippen LogP contribution in [0.3, 0.4) is 0 Å². The van der Waals surface area contributed by atoms with Gasteiger partial charge in [-0.1, -0.05) is 54.6 Å². The number of hydrogen-bond acceptors (Lipinski definition) is 6. The van der Waals surface area contributed by atoms with Gasteiger partial charge in [-0.3, -0.25) is 24.3 Å². The van der Waals surface area contributed by atoms with Crippen LogP contribution >= 0.6 is 0 Å². The molecule has 0 saturated carbocycles. The molecule has 2 amide bonds. The van der Waals surface area contributed by atoms with Gasteiger partial charge in [-0.15, -0.1) is 0 Å². The van der Waals surface area contributed by atoms with Gasteiger partial charge < -0.3 is 19.5 Å². The van der Waals surface area contributed by atoms with Crippen molar-refractivity contribution < 1.29 is 29.0 Å². The number of benzene rings is 3. The third kappa shape index (κ3) is 6.55. The van der Waals surface area contributed by atoms with Gasteiger partial charge in [-0.2, -0.15) is 0 Å². The van der Waals surface area contributed by atoms with Crippen LogP contribution in [0.2, 0.25) is 0 Å². The van der Waals surface area contributed by atoms with Gasteiger partial charge in [0.1, 0.15) is 6.54 Å². The van der Waals surface area contributed by atoms with Gasteiger partial charge in [-0.25, -0.2) is 4.98 Å². The number of carboxylic acid groups (broad SMARTS) is 1. The summed E-state index contributed by atoms with van der Waals surface area (Å²) in [5.41, 5.74) is 2.52. The number of nitrogens with one attached hydrogen (secondary N) is 1. The van der Waals surface area contributed by atoms with Gasteiger partial charge in [0, 0.05) is 23.5 Å². The minimum Gasteiger partial charge on any atom is -0.493 e. The number of imidazole rings is 1. The van der Waals surface area contributed by atoms with E-state index in [0.29, 0.717) is 17.2 Å². The average Bonchev–Trinajstić information content (AvgIpc) is 3.40. The number of methoxy groups -OCH3 is 2. The molecular formula is C31H32N4O6. The predicted molar refractivity (Wildman–Crippen MR) is 154 cm³/mol. The zero-order valence-corrected chi connectivity index (χ0v) is 23.3. The first kappa shape index (κ1) is 28.9. The Morgan fingerprint density at radius 1 is 0.927 bits per heavy atom. The summed E-state index contributed by atoms with van der Waals surface area (Å²) in [4.78, 5) is 45.1. The molecule has 10 heteroatoms. The second kappa shape index (κ2) is 12.8. The number of anilines is 1. The lowest BCUT2D eigenvalue weighted by molar-refractivity contribution is -0.149. The van der Waals surface area contributed by atoms with Crippen LogP contribution < -0.4 is 14.8 Å². The van der Waals surface area contributed by atoms with Gasteiger partial charge in [0.15, 0.2) is 17.4 Å². The summed E-state index contributed by atoms with van der Waals surface area (Å²) in [6.07, 6.45) is 1.82. The Labute approximate surface area is 238 Å². The van der Waals surface area contributed by atoms with E-state index in [1.165, 1.54) is 37.3 Å². The predicted octanol–water partition coefficient (Wildman–Crippen LogP) is 4.60. The van der Waals surface area contributed by atoms with E-state index in [1.54, 1.807) is 18.4 Å². The monoisotopic (exact) mass is 556 g/mol. The molecule has 4 rings (SSSR count). The Kier molecular flexibility index (Phi) is 9.03. The first-order chi connectivity index (χ1) is 19.7. The Balaban J connectivity index is 1.61. The number of nitrogens with zero attached hydrogens (tertiary/aromatic N) is 3. The van der Waals surface area contributed by atoms with Crippen LogP contribution in [0.1, 0.15) is 25.3 Å². The normalized spacial score (nSPS) is 11.5. The summed E-state index contributed by atoms with van der Waals surface area (Å²) in [7, 11) is 2.88. The molecule has 4 aromatic rings. The molecule has 41 heavy (non-hydrogen) atoms. The molecular weight excluding hydrogens is 524 g/mol. The molecule has 0 aliphatic heterocycles. The highest BCUT2D eigenvalue weighted by Gasteiger charge is 2.35. The van der Waals surface area contributed by atoms with Crippen molar-refractivity contribution in [2.24, 2.45) is 0 Å². The number of carbonyl (C=O) groups is 3. The molecule has 1 heterocycles. The Bertz CT molecular complexity index is 1520. The highest BCUT2D eigenvalue weighted by Crippen LogP contribution is 2.32. The minimum absolute atomic E-state index is 0.207. The summed E-state index contributed by atoms with van der Waals surface area (Å²) < 4.78 is 12.3. The van der Waals surface area contributed by atoms with E-state index in [-0.39, 0.29) is 18.1 Å². The largest absolute Gasteiger partial charge is 0.493 e. The van der Waals surface area contributed by atoms with Crippen LogP contribution in [0, 0.1) is 0 Å². The minimum atomic E-state index is -1.55. The fraction of sp³-hybridized carbons (Fsp3) is 0.226. The molecule has 0 saturated heterocycles. The lowest BCUT2D eigenvalue weighted by Gasteiger charge is -2.29. The van der Waals surface area contributed by atoms with Gasteiger partial charge in [0.2, 0.25) is 17.8 Å². The Morgan fingerprint density at radius 3 is 2.15 bits per heavy atom. The highest BCUT2D eigenvalue weighted by molar-refractivity contribution is 6.04. The lowest BCUT2D eigenvalue weighted by Crippen LogP contribution is -2.46. The fourth-order valence-corrected chi connectivity index (χ4v) is 4.42. The SMILES string of the molecule is COc1ccc(C(C(=O)O)C(=O)N(CC(=O)Nc2nc(-c3ccccc3)cn2-c2ccccc2)C(C)C)cc1OC. The quantitative estimate of drug-likeness (QED) is 0.259. The molecule has 1 aromatic heterocycles. The molecule has 1 unspecified atom stereocenters. The maximum absolute atomic E-state index is 13.6. The van der Waals surface area contributed by atoms with Gasteiger partial charge in [0.25, 0.3) is 0 Å². The third-order valence-electron chi connectivity index (χ3n) is 6.52. The van der Waals surface area contributed by atoms with Crippen LogP contribution in [0.25, 0.3) is 16.9 Å². The zero-order valence-electron chi connectivity index (χ0n) is 23.3. The van der Waals surface area contributed by atoms with Crippen LogP contribution in [0.15, 0.2) is 85.1 Å². The average molecular weight is 557 g/mol. The van der Waals surface area contributed by atoms with E-state index in [1.807, 2.05) is 66.9 Å². The smallest absolute Gasteiger partial charge is 0.320 e. The van der Waals surface area contributed by atoms with Crippen LogP contribution in [-0.4, -0.2) is 64.1 Å². The van der Waals surface area contributed by atoms with E-state index >= 15 is 0 Å². The number of carboxylic acids is 1. The maximum Gasteiger partial charge on any atom is 0.320 e. The fourth-order valence-electron chi connectivity index (χ4n) is 4.42. The zero-order chi connectivity index (χ0) is 29.5. The highest BCUT2D eigenvalue weighted by atomic mass is 16.5. The summed E-state index contributed by atoms with van der Waals surface area (Å²) >= 11 is 0. The van der Waals surface area contributed by atoms with Gasteiger partial charge >= 0.3 is 5.97 Å². The number of rotatable bonds is 11. The number of para-hydroxylation sites is 1. The molecule has 10 nitrogen and oxygen atoms in total. The topological polar surface area (TPSA) is 123 Å². The molecule has 0 aliphatic rings. The molecule has 0 aliphatic carbocycles. The van der Waals surface area contributed by atoms with Crippen molar-refractivity contribution in [3.05, 3.63) is 90.6 Å². The van der Waals surface area contributed by atoms with Crippen molar-refractivity contribution in [1.82, 2.24) is 14.5 Å². The second-order valence-corrected chi connectivity index (χ2v) is 9.52. The van der Waals surface area contributed by atoms with Gasteiger partial charge in [-0.05, 0) is 43.7 Å². The Morgan fingerprint density at radius 2 is 1.56 bits per heavy atom. The number of ether oxygens (including phenoxy) is 2. The van der Waals surface area contributed by atoms with Crippen LogP contribution in [-0.2, 0) is 14.4 Å². The van der Waals surface area contributed by atoms with Crippen molar-refractivity contribution in [1.29, 1.82) is 0 Å². The summed E-state index contributed by atoms with van der Waals surface area (Å²) in [5.74, 6) is -3.19. The Hall–Kier alpha value is -5.12. The van der Waals surface area contributed by atoms with Gasteiger partial charge in [0.05, 0.1) is 19.9 Å². The summed E-state index contributed by atoms with van der Waals surface area (Å²) in [6, 6.07) is 23.0. The second-order valence-electron chi connectivity index (χ2n) is 9.52. The molecule has 0 bridgehead atoms. The standard InChI is InChI=1S/C31H32N4O6/c1-20(2)34(29(37)28(30(38)39)22-15-16-25(40-3)26(17-22)41-4)19-27(36)33-31-32-24(21-11-7-5-8-12-21)18-35(31)23-13-9-6-10-14-23/h5-18,20,28H,19H2,1-4H3,(H,38,39)(H,32,33,36). The van der Waals surface area contributed by atoms with Crippen molar-refractivity contribution in [2.45, 2.75) is 25.8 Å². The van der Waals surface area contributed by atoms with Crippen molar-refractivity contribution in [2.75, 3.05) is 26.1 Å². The molecule has 0 fully saturated rings. The molecule has 0 radical (unpaired) electrons. The summed E-state index contributed by atoms with van der Waals surface area (Å²) in [6.45, 7) is 3.06. The number of carbonyl (C=O) groups excluding carboxylic acids is 2. The van der Waals surface area contributed by atoms with Crippen molar-refractivity contribution >= 4 is 23.7 Å². The first-order valence-electron chi connectivity index (χ1n) is 13.0. The number of hydrogen-bond donors (Lipinski definition) is 2. The third-order valence-corrected chi connectivity index (χ3v) is 6.52. The molecule has 1 atom stereocenters. The van der Waals surface area contributed by atoms with Crippen LogP contribution in [0.5, 0.6) is 11.5 Å². The number of aromatic nitrogens is 2. The molecule has 3 aromatic carbocycles. The molecule has 212 valence electrons. The van der Waals surface area contributed by atoms with Crippen molar-refractivity contribution in [3.8, 4) is 28.4 Å². The van der Waals surface area contributed by atoms with E-state index in [4.69, 9.17) is 9.47 Å². The maximum atomic E-state index is 13.6. The molecule has 2 N–H and O–H groups in total. The lowest BCUT2D eigenvalue weighted by atomic mass is 9.96. The van der Waals surface area contributed by atoms with E-state index < -0.39 is 29.7 Å². The first-order valence-corrected chi connectivity index (χ1v) is 13.0. The van der Waals surface area contributed by atoms with E-state index in [9.17, 15) is 19.5 Å². The number of aliphatic carboxylic acids is 1. The molecule has 0 spiro atoms. The van der Waals surface area contributed by atoms with E-state index in [2.05, 4.69) is 10.3 Å². The van der Waals surface area contributed by atoms with Crippen LogP contribution in [0.4, 0.5) is 5.95 Å². The summed E-state index contributed by atoms with van der Waals surface area (Å²) in [5, 5.41) is 12.8. The van der Waals surface area contributed by atoms with Crippen molar-refractivity contribution in [3.63, 3.8) is 0 Å². The van der Waals surface area contributed by atoms with E-state index in [0.717, 1.165) is 11.3 Å². The number of amides is 2.